The van der Waals surface area contributed by atoms with Crippen LogP contribution in [0.1, 0.15) is 0 Å². The van der Waals surface area contributed by atoms with Gasteiger partial charge in [0, 0.05) is 16.5 Å². The van der Waals surface area contributed by atoms with Crippen LogP contribution in [0.15, 0.2) is 97.1 Å². The molecule has 0 spiro atoms. The van der Waals surface area contributed by atoms with Crippen molar-refractivity contribution in [3.05, 3.63) is 97.1 Å². The summed E-state index contributed by atoms with van der Waals surface area (Å²) in [5, 5.41) is 21.2. The number of hydrogen-bond donors (Lipinski definition) is 2. The quantitative estimate of drug-likeness (QED) is 0.474. The van der Waals surface area contributed by atoms with Crippen LogP contribution in [0.4, 0.5) is 0 Å². The lowest BCUT2D eigenvalue weighted by atomic mass is 9.80. The minimum Gasteiger partial charge on any atom is -0.423 e. The highest BCUT2D eigenvalue weighted by molar-refractivity contribution is 6.59. The van der Waals surface area contributed by atoms with Gasteiger partial charge >= 0.3 is 7.12 Å². The van der Waals surface area contributed by atoms with E-state index in [1.54, 1.807) is 6.07 Å². The molecule has 5 rings (SSSR count). The van der Waals surface area contributed by atoms with E-state index in [0.717, 1.165) is 27.5 Å². The summed E-state index contributed by atoms with van der Waals surface area (Å²) in [6.07, 6.45) is 0. The molecule has 0 fully saturated rings. The zero-order valence-corrected chi connectivity index (χ0v) is 15.2. The highest BCUT2D eigenvalue weighted by atomic mass is 16.4. The van der Waals surface area contributed by atoms with E-state index in [1.807, 2.05) is 42.5 Å². The average Bonchev–Trinajstić information content (AvgIpc) is 3.08. The van der Waals surface area contributed by atoms with Gasteiger partial charge in [-0.15, -0.1) is 0 Å². The summed E-state index contributed by atoms with van der Waals surface area (Å²) in [7, 11) is -1.48. The predicted molar refractivity (Wildman–Crippen MR) is 116 cm³/mol. The van der Waals surface area contributed by atoms with Gasteiger partial charge in [-0.25, -0.2) is 0 Å². The summed E-state index contributed by atoms with van der Waals surface area (Å²) in [5.41, 5.74) is 6.07. The molecule has 0 aliphatic carbocycles. The SMILES string of the molecule is OB(O)c1ccc2c(c1)c1ccccc1n2-c1ccc(-c2ccccc2)cc1. The van der Waals surface area contributed by atoms with E-state index in [9.17, 15) is 10.0 Å². The first kappa shape index (κ1) is 16.8. The highest BCUT2D eigenvalue weighted by Gasteiger charge is 2.16. The fourth-order valence-corrected chi connectivity index (χ4v) is 3.86. The van der Waals surface area contributed by atoms with Crippen LogP contribution < -0.4 is 5.46 Å². The Balaban J connectivity index is 1.71. The highest BCUT2D eigenvalue weighted by Crippen LogP contribution is 2.32. The minimum atomic E-state index is -1.48. The molecule has 0 unspecified atom stereocenters. The second-order valence-electron chi connectivity index (χ2n) is 6.92. The fraction of sp³-hybridized carbons (Fsp3) is 0. The van der Waals surface area contributed by atoms with Crippen LogP contribution in [0, 0.1) is 0 Å². The first-order chi connectivity index (χ1) is 13.7. The van der Waals surface area contributed by atoms with Gasteiger partial charge in [-0.2, -0.15) is 0 Å². The topological polar surface area (TPSA) is 45.4 Å². The maximum Gasteiger partial charge on any atom is 0.488 e. The molecule has 3 nitrogen and oxygen atoms in total. The normalized spacial score (nSPS) is 11.2. The van der Waals surface area contributed by atoms with Crippen molar-refractivity contribution in [2.45, 2.75) is 0 Å². The average molecular weight is 363 g/mol. The van der Waals surface area contributed by atoms with Crippen molar-refractivity contribution in [3.63, 3.8) is 0 Å². The van der Waals surface area contributed by atoms with Crippen molar-refractivity contribution in [1.29, 1.82) is 0 Å². The molecule has 0 bridgehead atoms. The monoisotopic (exact) mass is 363 g/mol. The Morgan fingerprint density at radius 1 is 0.571 bits per heavy atom. The van der Waals surface area contributed by atoms with Gasteiger partial charge in [0.15, 0.2) is 0 Å². The smallest absolute Gasteiger partial charge is 0.423 e. The lowest BCUT2D eigenvalue weighted by Crippen LogP contribution is -2.29. The molecule has 0 aliphatic heterocycles. The molecule has 0 saturated carbocycles. The third-order valence-electron chi connectivity index (χ3n) is 5.23. The number of benzene rings is 4. The number of aromatic nitrogens is 1. The van der Waals surface area contributed by atoms with Crippen molar-refractivity contribution in [3.8, 4) is 16.8 Å². The zero-order valence-electron chi connectivity index (χ0n) is 15.2. The van der Waals surface area contributed by atoms with Gasteiger partial charge in [0.1, 0.15) is 0 Å². The summed E-state index contributed by atoms with van der Waals surface area (Å²) in [6, 6.07) is 32.6. The van der Waals surface area contributed by atoms with Gasteiger partial charge in [0.2, 0.25) is 0 Å². The molecular formula is C24H18BNO2. The molecule has 1 heterocycles. The van der Waals surface area contributed by atoms with Crippen LogP contribution in [0.25, 0.3) is 38.6 Å². The third kappa shape index (κ3) is 2.71. The molecule has 1 aromatic heterocycles. The van der Waals surface area contributed by atoms with Crippen molar-refractivity contribution in [2.24, 2.45) is 0 Å². The molecule has 0 radical (unpaired) electrons. The van der Waals surface area contributed by atoms with Gasteiger partial charge in [-0.3, -0.25) is 0 Å². The number of nitrogens with zero attached hydrogens (tertiary/aromatic N) is 1. The Kier molecular flexibility index (Phi) is 4.01. The fourth-order valence-electron chi connectivity index (χ4n) is 3.86. The summed E-state index contributed by atoms with van der Waals surface area (Å²) in [4.78, 5) is 0. The number of fused-ring (bicyclic) bond motifs is 3. The Bertz CT molecular complexity index is 1280. The van der Waals surface area contributed by atoms with Gasteiger partial charge in [0.05, 0.1) is 11.0 Å². The lowest BCUT2D eigenvalue weighted by Gasteiger charge is -2.09. The molecule has 5 aromatic rings. The van der Waals surface area contributed by atoms with Gasteiger partial charge in [-0.05, 0) is 40.9 Å². The zero-order chi connectivity index (χ0) is 19.1. The predicted octanol–water partition coefficient (Wildman–Crippen LogP) is 4.13. The van der Waals surface area contributed by atoms with Gasteiger partial charge in [-0.1, -0.05) is 72.8 Å². The maximum atomic E-state index is 9.57. The van der Waals surface area contributed by atoms with E-state index in [1.165, 1.54) is 11.1 Å². The number of rotatable bonds is 3. The van der Waals surface area contributed by atoms with E-state index in [2.05, 4.69) is 53.1 Å². The molecule has 4 heteroatoms. The molecule has 28 heavy (non-hydrogen) atoms. The standard InChI is InChI=1S/C24H18BNO2/c27-25(28)19-12-15-24-22(16-19)21-8-4-5-9-23(21)26(24)20-13-10-18(11-14-20)17-6-2-1-3-7-17/h1-16,27-28H. The summed E-state index contributed by atoms with van der Waals surface area (Å²) < 4.78 is 2.22. The molecule has 2 N–H and O–H groups in total. The molecule has 4 aromatic carbocycles. The second kappa shape index (κ2) is 6.68. The van der Waals surface area contributed by atoms with Crippen LogP contribution >= 0.6 is 0 Å². The van der Waals surface area contributed by atoms with Crippen LogP contribution in [0.5, 0.6) is 0 Å². The van der Waals surface area contributed by atoms with Crippen LogP contribution in [-0.2, 0) is 0 Å². The number of hydrogen-bond acceptors (Lipinski definition) is 2. The van der Waals surface area contributed by atoms with Crippen LogP contribution in [0.3, 0.4) is 0 Å². The lowest BCUT2D eigenvalue weighted by molar-refractivity contribution is 0.426. The van der Waals surface area contributed by atoms with Crippen molar-refractivity contribution < 1.29 is 10.0 Å². The minimum absolute atomic E-state index is 0.495. The summed E-state index contributed by atoms with van der Waals surface area (Å²) in [6.45, 7) is 0. The molecule has 0 aliphatic rings. The largest absolute Gasteiger partial charge is 0.488 e. The molecule has 0 saturated heterocycles. The summed E-state index contributed by atoms with van der Waals surface area (Å²) >= 11 is 0. The Morgan fingerprint density at radius 3 is 1.96 bits per heavy atom. The van der Waals surface area contributed by atoms with Crippen LogP contribution in [-0.4, -0.2) is 21.7 Å². The first-order valence-electron chi connectivity index (χ1n) is 9.27. The van der Waals surface area contributed by atoms with E-state index in [4.69, 9.17) is 0 Å². The summed E-state index contributed by atoms with van der Waals surface area (Å²) in [5.74, 6) is 0. The Labute approximate surface area is 163 Å². The van der Waals surface area contributed by atoms with Crippen molar-refractivity contribution >= 4 is 34.4 Å². The molecule has 0 atom stereocenters. The molecule has 134 valence electrons. The van der Waals surface area contributed by atoms with Crippen molar-refractivity contribution in [1.82, 2.24) is 4.57 Å². The van der Waals surface area contributed by atoms with E-state index < -0.39 is 7.12 Å². The van der Waals surface area contributed by atoms with Crippen LogP contribution in [0.2, 0.25) is 0 Å². The molecule has 0 amide bonds. The van der Waals surface area contributed by atoms with Gasteiger partial charge in [0.25, 0.3) is 0 Å². The van der Waals surface area contributed by atoms with E-state index in [-0.39, 0.29) is 0 Å². The first-order valence-corrected chi connectivity index (χ1v) is 9.27. The van der Waals surface area contributed by atoms with Crippen molar-refractivity contribution in [2.75, 3.05) is 0 Å². The Morgan fingerprint density at radius 2 is 1.21 bits per heavy atom. The number of para-hydroxylation sites is 1. The van der Waals surface area contributed by atoms with E-state index in [0.29, 0.717) is 5.46 Å². The maximum absolute atomic E-state index is 9.57. The Hall–Kier alpha value is -3.34. The van der Waals surface area contributed by atoms with E-state index >= 15 is 0 Å². The second-order valence-corrected chi connectivity index (χ2v) is 6.92. The molecular weight excluding hydrogens is 345 g/mol. The van der Waals surface area contributed by atoms with Gasteiger partial charge < -0.3 is 14.6 Å². The third-order valence-corrected chi connectivity index (χ3v) is 5.23.